The van der Waals surface area contributed by atoms with Crippen LogP contribution in [0.4, 0.5) is 9.52 Å². The molecule has 0 aliphatic rings. The SMILES string of the molecule is CN(C)c1nc2ccc(F)cc2s1. The molecule has 2 aromatic rings. The van der Waals surface area contributed by atoms with Crippen LogP contribution in [0.1, 0.15) is 0 Å². The molecule has 13 heavy (non-hydrogen) atoms. The number of benzene rings is 1. The molecule has 0 fully saturated rings. The lowest BCUT2D eigenvalue weighted by molar-refractivity contribution is 0.630. The normalized spacial score (nSPS) is 10.7. The van der Waals surface area contributed by atoms with Crippen LogP contribution in [0.5, 0.6) is 0 Å². The van der Waals surface area contributed by atoms with Crippen LogP contribution in [0.15, 0.2) is 18.2 Å². The van der Waals surface area contributed by atoms with Gasteiger partial charge in [-0.05, 0) is 18.2 Å². The predicted molar refractivity (Wildman–Crippen MR) is 53.9 cm³/mol. The first-order valence-corrected chi connectivity index (χ1v) is 4.72. The highest BCUT2D eigenvalue weighted by Crippen LogP contribution is 2.27. The second-order valence-corrected chi connectivity index (χ2v) is 4.01. The van der Waals surface area contributed by atoms with Crippen LogP contribution < -0.4 is 4.90 Å². The maximum absolute atomic E-state index is 12.8. The molecule has 0 N–H and O–H groups in total. The molecule has 0 spiro atoms. The summed E-state index contributed by atoms with van der Waals surface area (Å²) in [7, 11) is 3.85. The number of hydrogen-bond donors (Lipinski definition) is 0. The number of aromatic nitrogens is 1. The lowest BCUT2D eigenvalue weighted by atomic mass is 10.3. The highest BCUT2D eigenvalue weighted by atomic mass is 32.1. The predicted octanol–water partition coefficient (Wildman–Crippen LogP) is 2.50. The van der Waals surface area contributed by atoms with Gasteiger partial charge < -0.3 is 4.90 Å². The van der Waals surface area contributed by atoms with Crippen molar-refractivity contribution in [2.24, 2.45) is 0 Å². The highest BCUT2D eigenvalue weighted by molar-refractivity contribution is 7.22. The van der Waals surface area contributed by atoms with Crippen LogP contribution in [0.25, 0.3) is 10.2 Å². The molecule has 0 unspecified atom stereocenters. The number of hydrogen-bond acceptors (Lipinski definition) is 3. The maximum Gasteiger partial charge on any atom is 0.185 e. The number of halogens is 1. The fraction of sp³-hybridized carbons (Fsp3) is 0.222. The van der Waals surface area contributed by atoms with E-state index in [-0.39, 0.29) is 5.82 Å². The van der Waals surface area contributed by atoms with Gasteiger partial charge in [-0.15, -0.1) is 0 Å². The molecule has 1 aromatic heterocycles. The molecular weight excluding hydrogens is 187 g/mol. The van der Waals surface area contributed by atoms with Gasteiger partial charge in [0, 0.05) is 14.1 Å². The summed E-state index contributed by atoms with van der Waals surface area (Å²) in [6.07, 6.45) is 0. The number of rotatable bonds is 1. The average Bonchev–Trinajstić information content (AvgIpc) is 2.46. The zero-order valence-electron chi connectivity index (χ0n) is 7.41. The molecule has 0 atom stereocenters. The first kappa shape index (κ1) is 8.44. The van der Waals surface area contributed by atoms with Crippen molar-refractivity contribution in [1.82, 2.24) is 4.98 Å². The number of nitrogens with zero attached hydrogens (tertiary/aromatic N) is 2. The van der Waals surface area contributed by atoms with Crippen LogP contribution in [0, 0.1) is 5.82 Å². The van der Waals surface area contributed by atoms with Crippen LogP contribution in [-0.2, 0) is 0 Å². The van der Waals surface area contributed by atoms with Gasteiger partial charge in [0.25, 0.3) is 0 Å². The Hall–Kier alpha value is -1.16. The monoisotopic (exact) mass is 196 g/mol. The Balaban J connectivity index is 2.62. The third-order valence-corrected chi connectivity index (χ3v) is 2.91. The minimum Gasteiger partial charge on any atom is -0.354 e. The maximum atomic E-state index is 12.8. The van der Waals surface area contributed by atoms with E-state index in [0.717, 1.165) is 15.3 Å². The van der Waals surface area contributed by atoms with Crippen LogP contribution >= 0.6 is 11.3 Å². The van der Waals surface area contributed by atoms with E-state index in [2.05, 4.69) is 4.98 Å². The quantitative estimate of drug-likeness (QED) is 0.696. The second-order valence-electron chi connectivity index (χ2n) is 3.00. The van der Waals surface area contributed by atoms with Crippen molar-refractivity contribution in [3.63, 3.8) is 0 Å². The Morgan fingerprint density at radius 3 is 2.85 bits per heavy atom. The molecule has 0 saturated heterocycles. The molecule has 68 valence electrons. The molecule has 2 nitrogen and oxygen atoms in total. The molecule has 0 amide bonds. The summed E-state index contributed by atoms with van der Waals surface area (Å²) in [4.78, 5) is 6.25. The van der Waals surface area contributed by atoms with Crippen LogP contribution in [0.3, 0.4) is 0 Å². The number of anilines is 1. The molecule has 0 aliphatic heterocycles. The summed E-state index contributed by atoms with van der Waals surface area (Å²) in [6, 6.07) is 4.65. The summed E-state index contributed by atoms with van der Waals surface area (Å²) >= 11 is 1.49. The van der Waals surface area contributed by atoms with Crippen LogP contribution in [-0.4, -0.2) is 19.1 Å². The van der Waals surface area contributed by atoms with Crippen LogP contribution in [0.2, 0.25) is 0 Å². The van der Waals surface area contributed by atoms with Gasteiger partial charge in [0.15, 0.2) is 5.13 Å². The molecule has 1 heterocycles. The lowest BCUT2D eigenvalue weighted by Gasteiger charge is -2.04. The molecule has 0 aliphatic carbocycles. The minimum absolute atomic E-state index is 0.207. The minimum atomic E-state index is -0.207. The average molecular weight is 196 g/mol. The first-order valence-electron chi connectivity index (χ1n) is 3.90. The van der Waals surface area contributed by atoms with E-state index in [1.165, 1.54) is 23.5 Å². The fourth-order valence-corrected chi connectivity index (χ4v) is 1.99. The van der Waals surface area contributed by atoms with E-state index in [1.54, 1.807) is 6.07 Å². The standard InChI is InChI=1S/C9H9FN2S/c1-12(2)9-11-7-4-3-6(10)5-8(7)13-9/h3-5H,1-2H3. The Bertz CT molecular complexity index is 436. The second kappa shape index (κ2) is 2.96. The fourth-order valence-electron chi connectivity index (χ4n) is 1.08. The summed E-state index contributed by atoms with van der Waals surface area (Å²) in [5.41, 5.74) is 0.857. The molecule has 0 bridgehead atoms. The smallest absolute Gasteiger partial charge is 0.185 e. The van der Waals surface area contributed by atoms with Gasteiger partial charge >= 0.3 is 0 Å². The van der Waals surface area contributed by atoms with E-state index in [0.29, 0.717) is 0 Å². The Kier molecular flexibility index (Phi) is 1.92. The van der Waals surface area contributed by atoms with Gasteiger partial charge in [-0.25, -0.2) is 9.37 Å². The van der Waals surface area contributed by atoms with Crippen molar-refractivity contribution in [2.75, 3.05) is 19.0 Å². The summed E-state index contributed by atoms with van der Waals surface area (Å²) in [5, 5.41) is 0.903. The van der Waals surface area contributed by atoms with Crippen molar-refractivity contribution in [2.45, 2.75) is 0 Å². The van der Waals surface area contributed by atoms with Crippen molar-refractivity contribution < 1.29 is 4.39 Å². The topological polar surface area (TPSA) is 16.1 Å². The van der Waals surface area contributed by atoms with Crippen molar-refractivity contribution in [1.29, 1.82) is 0 Å². The van der Waals surface area contributed by atoms with Gasteiger partial charge in [0.2, 0.25) is 0 Å². The third-order valence-electron chi connectivity index (χ3n) is 1.72. The zero-order chi connectivity index (χ0) is 9.42. The third kappa shape index (κ3) is 1.49. The molecule has 0 radical (unpaired) electrons. The van der Waals surface area contributed by atoms with Crippen molar-refractivity contribution in [3.05, 3.63) is 24.0 Å². The van der Waals surface area contributed by atoms with E-state index >= 15 is 0 Å². The molecule has 4 heteroatoms. The number of fused-ring (bicyclic) bond motifs is 1. The Morgan fingerprint density at radius 1 is 1.38 bits per heavy atom. The summed E-state index contributed by atoms with van der Waals surface area (Å²) in [6.45, 7) is 0. The zero-order valence-corrected chi connectivity index (χ0v) is 8.23. The lowest BCUT2D eigenvalue weighted by Crippen LogP contribution is -2.07. The van der Waals surface area contributed by atoms with Gasteiger partial charge in [-0.2, -0.15) is 0 Å². The number of thiazole rings is 1. The Morgan fingerprint density at radius 2 is 2.15 bits per heavy atom. The van der Waals surface area contributed by atoms with Gasteiger partial charge in [-0.3, -0.25) is 0 Å². The summed E-state index contributed by atoms with van der Waals surface area (Å²) in [5.74, 6) is -0.207. The first-order chi connectivity index (χ1) is 6.16. The molecule has 1 aromatic carbocycles. The molecule has 0 saturated carbocycles. The van der Waals surface area contributed by atoms with Crippen molar-refractivity contribution in [3.8, 4) is 0 Å². The Labute approximate surface area is 79.6 Å². The van der Waals surface area contributed by atoms with E-state index in [9.17, 15) is 4.39 Å². The van der Waals surface area contributed by atoms with Crippen molar-refractivity contribution >= 4 is 26.7 Å². The summed E-state index contributed by atoms with van der Waals surface area (Å²) < 4.78 is 13.7. The largest absolute Gasteiger partial charge is 0.354 e. The molecule has 2 rings (SSSR count). The van der Waals surface area contributed by atoms with Gasteiger partial charge in [-0.1, -0.05) is 11.3 Å². The highest BCUT2D eigenvalue weighted by Gasteiger charge is 2.05. The van der Waals surface area contributed by atoms with E-state index in [1.807, 2.05) is 19.0 Å². The van der Waals surface area contributed by atoms with E-state index in [4.69, 9.17) is 0 Å². The van der Waals surface area contributed by atoms with Gasteiger partial charge in [0.05, 0.1) is 10.2 Å². The van der Waals surface area contributed by atoms with E-state index < -0.39 is 0 Å². The molecular formula is C9H9FN2S. The van der Waals surface area contributed by atoms with Gasteiger partial charge in [0.1, 0.15) is 5.82 Å².